The Morgan fingerprint density at radius 3 is 1.83 bits per heavy atom. The number of sulfonamides is 1. The van der Waals surface area contributed by atoms with Crippen LogP contribution in [0.5, 0.6) is 5.75 Å². The minimum absolute atomic E-state index is 0.0628. The first-order valence-electron chi connectivity index (χ1n) is 9.22. The number of hydrazine groups is 1. The average molecular weight is 420 g/mol. The summed E-state index contributed by atoms with van der Waals surface area (Å²) in [5, 5.41) is 0. The van der Waals surface area contributed by atoms with Gasteiger partial charge >= 0.3 is 0 Å². The predicted octanol–water partition coefficient (Wildman–Crippen LogP) is 2.24. The van der Waals surface area contributed by atoms with Crippen LogP contribution in [0, 0.1) is 0 Å². The van der Waals surface area contributed by atoms with Gasteiger partial charge in [0.2, 0.25) is 10.0 Å². The molecular formula is C20H25N3O5S. The SMILES string of the molecule is CCOc1ccc(C(=O)NNC(=O)c2ccc(S(=O)(=O)N[C@@H](C)CC)cc2)cc1. The zero-order valence-corrected chi connectivity index (χ0v) is 17.4. The Bertz CT molecular complexity index is 941. The first kappa shape index (κ1) is 22.4. The third kappa shape index (κ3) is 6.30. The van der Waals surface area contributed by atoms with Gasteiger partial charge in [-0.25, -0.2) is 13.1 Å². The molecule has 0 unspecified atom stereocenters. The minimum atomic E-state index is -3.65. The van der Waals surface area contributed by atoms with E-state index >= 15 is 0 Å². The standard InChI is InChI=1S/C20H25N3O5S/c1-4-14(3)23-29(26,27)18-12-8-16(9-13-18)20(25)22-21-19(24)15-6-10-17(11-7-15)28-5-2/h6-14,23H,4-5H2,1-3H3,(H,21,24)(H,22,25)/t14-/m0/s1. The van der Waals surface area contributed by atoms with Gasteiger partial charge in [-0.05, 0) is 68.8 Å². The monoisotopic (exact) mass is 419 g/mol. The summed E-state index contributed by atoms with van der Waals surface area (Å²) in [5.41, 5.74) is 5.18. The lowest BCUT2D eigenvalue weighted by Crippen LogP contribution is -2.41. The molecule has 0 bridgehead atoms. The second-order valence-electron chi connectivity index (χ2n) is 6.32. The van der Waals surface area contributed by atoms with Crippen LogP contribution in [-0.2, 0) is 10.0 Å². The second kappa shape index (κ2) is 10.0. The zero-order chi connectivity index (χ0) is 21.4. The van der Waals surface area contributed by atoms with Crippen molar-refractivity contribution < 1.29 is 22.7 Å². The maximum Gasteiger partial charge on any atom is 0.269 e. The molecule has 2 rings (SSSR count). The smallest absolute Gasteiger partial charge is 0.269 e. The van der Waals surface area contributed by atoms with Crippen LogP contribution in [0.4, 0.5) is 0 Å². The van der Waals surface area contributed by atoms with Crippen molar-refractivity contribution in [1.82, 2.24) is 15.6 Å². The maximum absolute atomic E-state index is 12.2. The van der Waals surface area contributed by atoms with E-state index < -0.39 is 21.8 Å². The number of carbonyl (C=O) groups is 2. The molecule has 0 aliphatic carbocycles. The Morgan fingerprint density at radius 2 is 1.38 bits per heavy atom. The van der Waals surface area contributed by atoms with Crippen molar-refractivity contribution in [3.8, 4) is 5.75 Å². The molecule has 156 valence electrons. The lowest BCUT2D eigenvalue weighted by molar-refractivity contribution is 0.0846. The fourth-order valence-electron chi connectivity index (χ4n) is 2.33. The molecule has 9 heteroatoms. The lowest BCUT2D eigenvalue weighted by atomic mass is 10.2. The van der Waals surface area contributed by atoms with E-state index in [0.717, 1.165) is 0 Å². The van der Waals surface area contributed by atoms with Gasteiger partial charge in [0.05, 0.1) is 11.5 Å². The van der Waals surface area contributed by atoms with Gasteiger partial charge in [-0.15, -0.1) is 0 Å². The van der Waals surface area contributed by atoms with E-state index in [1.807, 2.05) is 13.8 Å². The van der Waals surface area contributed by atoms with Crippen molar-refractivity contribution in [1.29, 1.82) is 0 Å². The number of hydrogen-bond acceptors (Lipinski definition) is 5. The Morgan fingerprint density at radius 1 is 0.897 bits per heavy atom. The highest BCUT2D eigenvalue weighted by Crippen LogP contribution is 2.13. The van der Waals surface area contributed by atoms with Crippen LogP contribution in [0.25, 0.3) is 0 Å². The summed E-state index contributed by atoms with van der Waals surface area (Å²) in [6.45, 7) is 6.03. The van der Waals surface area contributed by atoms with Gasteiger partial charge in [0.1, 0.15) is 5.75 Å². The molecule has 0 radical (unpaired) electrons. The van der Waals surface area contributed by atoms with Crippen molar-refractivity contribution in [3.05, 3.63) is 59.7 Å². The first-order chi connectivity index (χ1) is 13.8. The van der Waals surface area contributed by atoms with Crippen LogP contribution < -0.4 is 20.3 Å². The van der Waals surface area contributed by atoms with Crippen molar-refractivity contribution in [2.75, 3.05) is 6.61 Å². The Labute approximate surface area is 170 Å². The molecule has 2 amide bonds. The van der Waals surface area contributed by atoms with Crippen LogP contribution in [0.3, 0.4) is 0 Å². The summed E-state index contributed by atoms with van der Waals surface area (Å²) in [4.78, 5) is 24.4. The molecule has 8 nitrogen and oxygen atoms in total. The molecule has 0 spiro atoms. The third-order valence-electron chi connectivity index (χ3n) is 4.11. The van der Waals surface area contributed by atoms with E-state index in [2.05, 4.69) is 15.6 Å². The highest BCUT2D eigenvalue weighted by Gasteiger charge is 2.17. The number of rotatable bonds is 8. The lowest BCUT2D eigenvalue weighted by Gasteiger charge is -2.12. The van der Waals surface area contributed by atoms with E-state index in [9.17, 15) is 18.0 Å². The molecule has 0 heterocycles. The minimum Gasteiger partial charge on any atom is -0.494 e. The zero-order valence-electron chi connectivity index (χ0n) is 16.6. The largest absolute Gasteiger partial charge is 0.494 e. The summed E-state index contributed by atoms with van der Waals surface area (Å²) in [5.74, 6) is -0.410. The summed E-state index contributed by atoms with van der Waals surface area (Å²) in [6.07, 6.45) is 0.660. The number of ether oxygens (including phenoxy) is 1. The van der Waals surface area contributed by atoms with Gasteiger partial charge in [0.15, 0.2) is 0 Å². The molecule has 0 aliphatic rings. The first-order valence-corrected chi connectivity index (χ1v) is 10.7. The van der Waals surface area contributed by atoms with Gasteiger partial charge in [0.25, 0.3) is 11.8 Å². The third-order valence-corrected chi connectivity index (χ3v) is 5.72. The number of benzene rings is 2. The predicted molar refractivity (Wildman–Crippen MR) is 109 cm³/mol. The van der Waals surface area contributed by atoms with Crippen molar-refractivity contribution in [3.63, 3.8) is 0 Å². The fourth-order valence-corrected chi connectivity index (χ4v) is 3.66. The molecule has 29 heavy (non-hydrogen) atoms. The second-order valence-corrected chi connectivity index (χ2v) is 8.03. The Hall–Kier alpha value is -2.91. The molecule has 0 saturated heterocycles. The molecule has 0 fully saturated rings. The molecule has 2 aromatic carbocycles. The van der Waals surface area contributed by atoms with E-state index in [1.165, 1.54) is 24.3 Å². The van der Waals surface area contributed by atoms with Crippen LogP contribution >= 0.6 is 0 Å². The molecule has 0 aromatic heterocycles. The van der Waals surface area contributed by atoms with Gasteiger partial charge in [-0.3, -0.25) is 20.4 Å². The van der Waals surface area contributed by atoms with E-state index in [0.29, 0.717) is 24.3 Å². The number of nitrogens with one attached hydrogen (secondary N) is 3. The molecule has 0 aliphatic heterocycles. The number of carbonyl (C=O) groups excluding carboxylic acids is 2. The topological polar surface area (TPSA) is 114 Å². The van der Waals surface area contributed by atoms with Gasteiger partial charge < -0.3 is 4.74 Å². The van der Waals surface area contributed by atoms with Crippen LogP contribution in [0.2, 0.25) is 0 Å². The van der Waals surface area contributed by atoms with Crippen molar-refractivity contribution in [2.45, 2.75) is 38.1 Å². The van der Waals surface area contributed by atoms with E-state index in [1.54, 1.807) is 31.2 Å². The van der Waals surface area contributed by atoms with Gasteiger partial charge in [0, 0.05) is 17.2 Å². The van der Waals surface area contributed by atoms with Crippen LogP contribution in [0.15, 0.2) is 53.4 Å². The number of hydrogen-bond donors (Lipinski definition) is 3. The summed E-state index contributed by atoms with van der Waals surface area (Å²) >= 11 is 0. The van der Waals surface area contributed by atoms with Gasteiger partial charge in [-0.1, -0.05) is 6.92 Å². The quantitative estimate of drug-likeness (QED) is 0.568. The summed E-state index contributed by atoms with van der Waals surface area (Å²) in [6, 6.07) is 11.7. The molecule has 0 saturated carbocycles. The highest BCUT2D eigenvalue weighted by molar-refractivity contribution is 7.89. The fraction of sp³-hybridized carbons (Fsp3) is 0.300. The van der Waals surface area contributed by atoms with Crippen LogP contribution in [-0.4, -0.2) is 32.9 Å². The van der Waals surface area contributed by atoms with Crippen molar-refractivity contribution >= 4 is 21.8 Å². The van der Waals surface area contributed by atoms with E-state index in [4.69, 9.17) is 4.74 Å². The Balaban J connectivity index is 1.96. The molecule has 2 aromatic rings. The Kier molecular flexibility index (Phi) is 7.74. The average Bonchev–Trinajstić information content (AvgIpc) is 2.72. The molecule has 1 atom stereocenters. The summed E-state index contributed by atoms with van der Waals surface area (Å²) in [7, 11) is -3.65. The number of amides is 2. The van der Waals surface area contributed by atoms with Gasteiger partial charge in [-0.2, -0.15) is 0 Å². The summed E-state index contributed by atoms with van der Waals surface area (Å²) < 4.78 is 32.3. The van der Waals surface area contributed by atoms with Crippen molar-refractivity contribution in [2.24, 2.45) is 0 Å². The molecular weight excluding hydrogens is 394 g/mol. The van der Waals surface area contributed by atoms with E-state index in [-0.39, 0.29) is 16.5 Å². The highest BCUT2D eigenvalue weighted by atomic mass is 32.2. The maximum atomic E-state index is 12.2. The van der Waals surface area contributed by atoms with Crippen LogP contribution in [0.1, 0.15) is 47.9 Å². The normalized spacial score (nSPS) is 12.1. The molecule has 3 N–H and O–H groups in total.